The van der Waals surface area contributed by atoms with Crippen LogP contribution in [0.25, 0.3) is 10.9 Å². The normalized spacial score (nSPS) is 13.8. The van der Waals surface area contributed by atoms with E-state index in [9.17, 15) is 0 Å². The number of nitrogens with two attached hydrogens (primary N) is 1. The molecular formula is C15H24N4O. The van der Waals surface area contributed by atoms with E-state index in [1.54, 1.807) is 0 Å². The molecule has 20 heavy (non-hydrogen) atoms. The van der Waals surface area contributed by atoms with E-state index >= 15 is 0 Å². The third-order valence-electron chi connectivity index (χ3n) is 3.23. The lowest BCUT2D eigenvalue weighted by Gasteiger charge is -2.23. The Bertz CT molecular complexity index is 571. The summed E-state index contributed by atoms with van der Waals surface area (Å²) < 4.78 is 7.70. The second kappa shape index (κ2) is 5.91. The molecule has 0 saturated heterocycles. The third kappa shape index (κ3) is 3.56. The van der Waals surface area contributed by atoms with Crippen LogP contribution < -0.4 is 11.3 Å². The van der Waals surface area contributed by atoms with Crippen molar-refractivity contribution >= 4 is 10.9 Å². The van der Waals surface area contributed by atoms with Crippen LogP contribution in [0.1, 0.15) is 26.5 Å². The van der Waals surface area contributed by atoms with E-state index in [2.05, 4.69) is 22.7 Å². The van der Waals surface area contributed by atoms with Gasteiger partial charge in [0.05, 0.1) is 29.5 Å². The van der Waals surface area contributed by atoms with Crippen molar-refractivity contribution in [2.24, 2.45) is 12.9 Å². The number of ether oxygens (including phenoxy) is 1. The predicted molar refractivity (Wildman–Crippen MR) is 81.2 cm³/mol. The molecule has 1 atom stereocenters. The van der Waals surface area contributed by atoms with E-state index in [0.717, 1.165) is 17.6 Å². The largest absolute Gasteiger partial charge is 0.374 e. The quantitative estimate of drug-likeness (QED) is 0.645. The van der Waals surface area contributed by atoms with Crippen LogP contribution >= 0.6 is 0 Å². The van der Waals surface area contributed by atoms with Gasteiger partial charge in [0.2, 0.25) is 0 Å². The highest BCUT2D eigenvalue weighted by molar-refractivity contribution is 5.81. The van der Waals surface area contributed by atoms with E-state index in [-0.39, 0.29) is 11.6 Å². The number of nitrogens with zero attached hydrogens (tertiary/aromatic N) is 2. The number of nitrogens with one attached hydrogen (secondary N) is 1. The van der Waals surface area contributed by atoms with Gasteiger partial charge in [0.15, 0.2) is 0 Å². The Morgan fingerprint density at radius 1 is 1.35 bits per heavy atom. The zero-order valence-corrected chi connectivity index (χ0v) is 12.7. The van der Waals surface area contributed by atoms with Crippen LogP contribution in [0.2, 0.25) is 0 Å². The smallest absolute Gasteiger partial charge is 0.0720 e. The minimum Gasteiger partial charge on any atom is -0.374 e. The molecule has 0 aliphatic heterocycles. The highest BCUT2D eigenvalue weighted by atomic mass is 16.5. The first-order valence-corrected chi connectivity index (χ1v) is 6.91. The van der Waals surface area contributed by atoms with Gasteiger partial charge in [-0.25, -0.2) is 0 Å². The fourth-order valence-electron chi connectivity index (χ4n) is 2.19. The summed E-state index contributed by atoms with van der Waals surface area (Å²) in [5.41, 5.74) is 4.84. The first-order valence-electron chi connectivity index (χ1n) is 6.91. The van der Waals surface area contributed by atoms with Gasteiger partial charge >= 0.3 is 0 Å². The van der Waals surface area contributed by atoms with E-state index in [0.29, 0.717) is 6.61 Å². The summed E-state index contributed by atoms with van der Waals surface area (Å²) in [6.45, 7) is 6.68. The second-order valence-electron chi connectivity index (χ2n) is 6.08. The Balaban J connectivity index is 2.13. The topological polar surface area (TPSA) is 65.1 Å². The Labute approximate surface area is 120 Å². The molecule has 1 unspecified atom stereocenters. The van der Waals surface area contributed by atoms with E-state index in [4.69, 9.17) is 10.6 Å². The summed E-state index contributed by atoms with van der Waals surface area (Å²) in [6.07, 6.45) is 0.744. The molecule has 2 aromatic rings. The van der Waals surface area contributed by atoms with Crippen LogP contribution in [0.15, 0.2) is 24.3 Å². The Hall–Kier alpha value is -1.43. The average Bonchev–Trinajstić information content (AvgIpc) is 2.71. The van der Waals surface area contributed by atoms with Crippen LogP contribution in [0.3, 0.4) is 0 Å². The predicted octanol–water partition coefficient (Wildman–Crippen LogP) is 1.76. The van der Waals surface area contributed by atoms with Crippen LogP contribution in [0, 0.1) is 0 Å². The molecular weight excluding hydrogens is 252 g/mol. The van der Waals surface area contributed by atoms with Crippen LogP contribution in [-0.2, 0) is 18.2 Å². The van der Waals surface area contributed by atoms with Gasteiger partial charge < -0.3 is 4.74 Å². The van der Waals surface area contributed by atoms with Gasteiger partial charge in [0, 0.05) is 18.9 Å². The number of para-hydroxylation sites is 1. The molecule has 0 radical (unpaired) electrons. The van der Waals surface area contributed by atoms with Gasteiger partial charge in [0.25, 0.3) is 0 Å². The maximum absolute atomic E-state index is 5.80. The van der Waals surface area contributed by atoms with E-state index in [1.165, 1.54) is 5.39 Å². The van der Waals surface area contributed by atoms with Gasteiger partial charge in [-0.1, -0.05) is 18.2 Å². The second-order valence-corrected chi connectivity index (χ2v) is 6.08. The molecule has 1 heterocycles. The molecule has 0 aliphatic rings. The number of aryl methyl sites for hydroxylation is 1. The van der Waals surface area contributed by atoms with Crippen molar-refractivity contribution in [3.8, 4) is 0 Å². The van der Waals surface area contributed by atoms with Crippen LogP contribution in [0.4, 0.5) is 0 Å². The first kappa shape index (κ1) is 15.0. The minimum atomic E-state index is -0.165. The fraction of sp³-hybridized carbons (Fsp3) is 0.533. The zero-order chi connectivity index (χ0) is 14.8. The highest BCUT2D eigenvalue weighted by Gasteiger charge is 2.17. The summed E-state index contributed by atoms with van der Waals surface area (Å²) in [7, 11) is 1.96. The van der Waals surface area contributed by atoms with Crippen molar-refractivity contribution in [1.82, 2.24) is 15.2 Å². The standard InChI is InChI=1S/C15H24N4O/c1-15(2,3)20-10-11(17-16)9-13-12-7-5-6-8-14(12)19(4)18-13/h5-8,11,17H,9-10,16H2,1-4H3. The first-order chi connectivity index (χ1) is 9.40. The van der Waals surface area contributed by atoms with Crippen molar-refractivity contribution in [3.63, 3.8) is 0 Å². The number of aromatic nitrogens is 2. The summed E-state index contributed by atoms with van der Waals surface area (Å²) in [5, 5.41) is 5.76. The van der Waals surface area contributed by atoms with Gasteiger partial charge in [0.1, 0.15) is 0 Å². The van der Waals surface area contributed by atoms with Crippen molar-refractivity contribution in [1.29, 1.82) is 0 Å². The summed E-state index contributed by atoms with van der Waals surface area (Å²) in [6, 6.07) is 8.27. The molecule has 0 saturated carbocycles. The molecule has 1 aromatic heterocycles. The Kier molecular flexibility index (Phi) is 4.42. The molecule has 0 spiro atoms. The maximum atomic E-state index is 5.80. The van der Waals surface area contributed by atoms with Gasteiger partial charge in [-0.2, -0.15) is 5.10 Å². The van der Waals surface area contributed by atoms with Gasteiger partial charge in [-0.15, -0.1) is 0 Å². The van der Waals surface area contributed by atoms with Crippen molar-refractivity contribution in [2.75, 3.05) is 6.61 Å². The summed E-state index contributed by atoms with van der Waals surface area (Å²) in [4.78, 5) is 0. The highest BCUT2D eigenvalue weighted by Crippen LogP contribution is 2.19. The number of benzene rings is 1. The lowest BCUT2D eigenvalue weighted by Crippen LogP contribution is -2.42. The van der Waals surface area contributed by atoms with E-state index < -0.39 is 0 Å². The number of fused-ring (bicyclic) bond motifs is 1. The summed E-state index contributed by atoms with van der Waals surface area (Å²) in [5.74, 6) is 5.64. The van der Waals surface area contributed by atoms with Crippen molar-refractivity contribution in [2.45, 2.75) is 38.8 Å². The Morgan fingerprint density at radius 3 is 2.70 bits per heavy atom. The number of rotatable bonds is 5. The summed E-state index contributed by atoms with van der Waals surface area (Å²) >= 11 is 0. The van der Waals surface area contributed by atoms with Gasteiger partial charge in [-0.3, -0.25) is 16.0 Å². The van der Waals surface area contributed by atoms with Crippen molar-refractivity contribution in [3.05, 3.63) is 30.0 Å². The molecule has 0 amide bonds. The fourth-order valence-corrected chi connectivity index (χ4v) is 2.19. The van der Waals surface area contributed by atoms with Crippen molar-refractivity contribution < 1.29 is 4.74 Å². The molecule has 3 N–H and O–H groups in total. The average molecular weight is 276 g/mol. The van der Waals surface area contributed by atoms with E-state index in [1.807, 2.05) is 44.6 Å². The molecule has 0 aliphatic carbocycles. The van der Waals surface area contributed by atoms with Crippen LogP contribution in [-0.4, -0.2) is 28.0 Å². The number of hydrogen-bond donors (Lipinski definition) is 2. The van der Waals surface area contributed by atoms with Gasteiger partial charge in [-0.05, 0) is 26.8 Å². The lowest BCUT2D eigenvalue weighted by molar-refractivity contribution is -0.0144. The molecule has 0 bridgehead atoms. The zero-order valence-electron chi connectivity index (χ0n) is 12.7. The van der Waals surface area contributed by atoms with Crippen LogP contribution in [0.5, 0.6) is 0 Å². The Morgan fingerprint density at radius 2 is 2.05 bits per heavy atom. The molecule has 0 fully saturated rings. The molecule has 5 heteroatoms. The minimum absolute atomic E-state index is 0.0486. The molecule has 2 rings (SSSR count). The SMILES string of the molecule is Cn1nc(CC(COC(C)(C)C)NN)c2ccccc21. The lowest BCUT2D eigenvalue weighted by atomic mass is 10.1. The molecule has 5 nitrogen and oxygen atoms in total. The number of hydrogen-bond acceptors (Lipinski definition) is 4. The molecule has 1 aromatic carbocycles. The molecule has 110 valence electrons. The monoisotopic (exact) mass is 276 g/mol. The maximum Gasteiger partial charge on any atom is 0.0720 e. The third-order valence-corrected chi connectivity index (χ3v) is 3.23. The number of hydrazine groups is 1.